The summed E-state index contributed by atoms with van der Waals surface area (Å²) in [4.78, 5) is 5.16. The maximum absolute atomic E-state index is 2.74. The van der Waals surface area contributed by atoms with E-state index in [0.717, 1.165) is 17.9 Å². The van der Waals surface area contributed by atoms with Crippen molar-refractivity contribution in [3.8, 4) is 0 Å². The van der Waals surface area contributed by atoms with Crippen molar-refractivity contribution in [3.05, 3.63) is 0 Å². The largest absolute Gasteiger partial charge is 0.303 e. The van der Waals surface area contributed by atoms with Crippen molar-refractivity contribution in [1.29, 1.82) is 0 Å². The molecule has 0 unspecified atom stereocenters. The van der Waals surface area contributed by atoms with Gasteiger partial charge in [0, 0.05) is 59.4 Å². The maximum Gasteiger partial charge on any atom is 0.0350 e. The lowest BCUT2D eigenvalue weighted by Crippen LogP contribution is -2.57. The van der Waals surface area contributed by atoms with E-state index in [4.69, 9.17) is 0 Å². The lowest BCUT2D eigenvalue weighted by atomic mass is 10.0. The topological polar surface area (TPSA) is 13.0 Å². The average Bonchev–Trinajstić information content (AvgIpc) is 2.68. The molecule has 3 saturated heterocycles. The highest BCUT2D eigenvalue weighted by Crippen LogP contribution is 2.33. The molecule has 92 valence electrons. The molecule has 16 heavy (non-hydrogen) atoms. The van der Waals surface area contributed by atoms with Crippen molar-refractivity contribution >= 4 is 0 Å². The number of hydrazine groups is 1. The van der Waals surface area contributed by atoms with Gasteiger partial charge in [-0.15, -0.1) is 0 Å². The van der Waals surface area contributed by atoms with E-state index in [1.54, 1.807) is 0 Å². The summed E-state index contributed by atoms with van der Waals surface area (Å²) in [5.74, 6) is 1.85. The Bertz CT molecular complexity index is 248. The quantitative estimate of drug-likeness (QED) is 0.635. The number of likely N-dealkylation sites (N-methyl/N-ethyl adjacent to an activating group) is 1. The second-order valence-corrected chi connectivity index (χ2v) is 6.07. The fourth-order valence-electron chi connectivity index (χ4n) is 3.53. The van der Waals surface area contributed by atoms with E-state index in [1.165, 1.54) is 39.3 Å². The molecule has 0 amide bonds. The Morgan fingerprint density at radius 1 is 0.875 bits per heavy atom. The molecule has 4 heteroatoms. The second-order valence-electron chi connectivity index (χ2n) is 6.07. The number of hydrogen-bond donors (Lipinski definition) is 0. The molecule has 0 radical (unpaired) electrons. The SMILES string of the molecule is CN1CC(N2C[C@@H]3CN(N(C)C)C[C@@H]3C2)C1. The third-order valence-corrected chi connectivity index (χ3v) is 4.62. The van der Waals surface area contributed by atoms with E-state index in [0.29, 0.717) is 0 Å². The number of likely N-dealkylation sites (tertiary alicyclic amines) is 2. The summed E-state index contributed by atoms with van der Waals surface area (Å²) in [6, 6.07) is 0.864. The van der Waals surface area contributed by atoms with Crippen LogP contribution in [-0.2, 0) is 0 Å². The predicted octanol–water partition coefficient (Wildman–Crippen LogP) is -0.359. The molecule has 0 bridgehead atoms. The van der Waals surface area contributed by atoms with Gasteiger partial charge in [0.2, 0.25) is 0 Å². The molecule has 2 atom stereocenters. The van der Waals surface area contributed by atoms with Crippen molar-refractivity contribution in [2.24, 2.45) is 11.8 Å². The molecule has 3 aliphatic heterocycles. The number of nitrogens with zero attached hydrogens (tertiary/aromatic N) is 4. The normalized spacial score (nSPS) is 38.2. The predicted molar refractivity (Wildman–Crippen MR) is 65.1 cm³/mol. The summed E-state index contributed by atoms with van der Waals surface area (Å²) < 4.78 is 0. The molecule has 3 aliphatic rings. The number of hydrogen-bond acceptors (Lipinski definition) is 4. The molecular weight excluding hydrogens is 200 g/mol. The minimum atomic E-state index is 0.864. The third kappa shape index (κ3) is 1.78. The van der Waals surface area contributed by atoms with Crippen molar-refractivity contribution in [1.82, 2.24) is 19.8 Å². The van der Waals surface area contributed by atoms with Crippen molar-refractivity contribution in [2.75, 3.05) is 60.4 Å². The van der Waals surface area contributed by atoms with Crippen LogP contribution in [0.2, 0.25) is 0 Å². The first kappa shape index (κ1) is 11.0. The Kier molecular flexibility index (Phi) is 2.70. The average molecular weight is 224 g/mol. The summed E-state index contributed by atoms with van der Waals surface area (Å²) in [7, 11) is 6.56. The Balaban J connectivity index is 1.53. The van der Waals surface area contributed by atoms with Crippen LogP contribution in [0.15, 0.2) is 0 Å². The Hall–Kier alpha value is -0.160. The lowest BCUT2D eigenvalue weighted by Gasteiger charge is -2.42. The van der Waals surface area contributed by atoms with Crippen molar-refractivity contribution in [2.45, 2.75) is 6.04 Å². The van der Waals surface area contributed by atoms with Gasteiger partial charge in [0.25, 0.3) is 0 Å². The molecule has 3 fully saturated rings. The van der Waals surface area contributed by atoms with Gasteiger partial charge in [-0.2, -0.15) is 0 Å². The number of rotatable bonds is 2. The lowest BCUT2D eigenvalue weighted by molar-refractivity contribution is 0.0243. The van der Waals surface area contributed by atoms with Crippen LogP contribution in [0.1, 0.15) is 0 Å². The van der Waals surface area contributed by atoms with Crippen LogP contribution < -0.4 is 0 Å². The zero-order chi connectivity index (χ0) is 11.3. The Labute approximate surface area is 98.7 Å². The van der Waals surface area contributed by atoms with Crippen molar-refractivity contribution < 1.29 is 0 Å². The highest BCUT2D eigenvalue weighted by Gasteiger charge is 2.44. The smallest absolute Gasteiger partial charge is 0.0350 e. The zero-order valence-corrected chi connectivity index (χ0v) is 10.8. The fourth-order valence-corrected chi connectivity index (χ4v) is 3.53. The molecule has 0 N–H and O–H groups in total. The molecule has 0 aromatic rings. The van der Waals surface area contributed by atoms with E-state index in [9.17, 15) is 0 Å². The minimum Gasteiger partial charge on any atom is -0.303 e. The Morgan fingerprint density at radius 3 is 1.88 bits per heavy atom. The van der Waals surface area contributed by atoms with Crippen LogP contribution in [0, 0.1) is 11.8 Å². The Morgan fingerprint density at radius 2 is 1.44 bits per heavy atom. The van der Waals surface area contributed by atoms with Crippen molar-refractivity contribution in [3.63, 3.8) is 0 Å². The standard InChI is InChI=1S/C12H24N4/c1-13(2)16-6-10-4-15(5-11(10)7-16)12-8-14(3)9-12/h10-12H,4-9H2,1-3H3/t10-,11+. The third-order valence-electron chi connectivity index (χ3n) is 4.62. The van der Waals surface area contributed by atoms with E-state index in [1.807, 2.05) is 0 Å². The van der Waals surface area contributed by atoms with Gasteiger partial charge >= 0.3 is 0 Å². The molecule has 3 heterocycles. The van der Waals surface area contributed by atoms with E-state index < -0.39 is 0 Å². The molecule has 0 aromatic heterocycles. The molecule has 0 saturated carbocycles. The minimum absolute atomic E-state index is 0.864. The van der Waals surface area contributed by atoms with E-state index in [-0.39, 0.29) is 0 Å². The maximum atomic E-state index is 2.74. The van der Waals surface area contributed by atoms with Crippen LogP contribution in [0.5, 0.6) is 0 Å². The van der Waals surface area contributed by atoms with Gasteiger partial charge < -0.3 is 4.90 Å². The van der Waals surface area contributed by atoms with Gasteiger partial charge in [-0.3, -0.25) is 4.90 Å². The molecule has 0 aliphatic carbocycles. The first-order valence-electron chi connectivity index (χ1n) is 6.48. The van der Waals surface area contributed by atoms with Crippen LogP contribution in [-0.4, -0.2) is 86.3 Å². The monoisotopic (exact) mass is 224 g/mol. The zero-order valence-electron chi connectivity index (χ0n) is 10.8. The van der Waals surface area contributed by atoms with Gasteiger partial charge in [-0.05, 0) is 18.9 Å². The van der Waals surface area contributed by atoms with E-state index in [2.05, 4.69) is 41.0 Å². The van der Waals surface area contributed by atoms with Gasteiger partial charge in [-0.1, -0.05) is 0 Å². The highest BCUT2D eigenvalue weighted by molar-refractivity contribution is 4.97. The van der Waals surface area contributed by atoms with Gasteiger partial charge in [0.1, 0.15) is 0 Å². The molecule has 3 rings (SSSR count). The van der Waals surface area contributed by atoms with Crippen LogP contribution >= 0.6 is 0 Å². The summed E-state index contributed by atoms with van der Waals surface area (Å²) in [5, 5.41) is 4.76. The van der Waals surface area contributed by atoms with Crippen LogP contribution in [0.3, 0.4) is 0 Å². The van der Waals surface area contributed by atoms with Gasteiger partial charge in [-0.25, -0.2) is 10.0 Å². The fraction of sp³-hybridized carbons (Fsp3) is 1.00. The summed E-state index contributed by atoms with van der Waals surface area (Å²) >= 11 is 0. The summed E-state index contributed by atoms with van der Waals surface area (Å²) in [5.41, 5.74) is 0. The molecule has 0 aromatic carbocycles. The van der Waals surface area contributed by atoms with Gasteiger partial charge in [0.05, 0.1) is 0 Å². The van der Waals surface area contributed by atoms with Gasteiger partial charge in [0.15, 0.2) is 0 Å². The second kappa shape index (κ2) is 3.95. The molecule has 0 spiro atoms. The van der Waals surface area contributed by atoms with Crippen LogP contribution in [0.4, 0.5) is 0 Å². The highest BCUT2D eigenvalue weighted by atomic mass is 15.6. The number of fused-ring (bicyclic) bond motifs is 1. The van der Waals surface area contributed by atoms with E-state index >= 15 is 0 Å². The summed E-state index contributed by atoms with van der Waals surface area (Å²) in [6.07, 6.45) is 0. The first-order valence-corrected chi connectivity index (χ1v) is 6.48. The molecular formula is C12H24N4. The van der Waals surface area contributed by atoms with Crippen LogP contribution in [0.25, 0.3) is 0 Å². The first-order chi connectivity index (χ1) is 7.63. The summed E-state index contributed by atoms with van der Waals surface area (Å²) in [6.45, 7) is 7.81. The molecule has 4 nitrogen and oxygen atoms in total.